The Bertz CT molecular complexity index is 1100. The Morgan fingerprint density at radius 3 is 2.59 bits per heavy atom. The first-order valence-corrected chi connectivity index (χ1v) is 10.0. The first-order valence-electron chi connectivity index (χ1n) is 10.0. The number of anilines is 2. The number of rotatable bonds is 5. The van der Waals surface area contributed by atoms with Crippen molar-refractivity contribution in [1.82, 2.24) is 15.0 Å². The normalized spacial score (nSPS) is 16.4. The van der Waals surface area contributed by atoms with Gasteiger partial charge in [-0.15, -0.1) is 0 Å². The Balaban J connectivity index is 1.58. The van der Waals surface area contributed by atoms with Crippen molar-refractivity contribution < 1.29 is 22.0 Å². The van der Waals surface area contributed by atoms with E-state index in [0.717, 1.165) is 23.4 Å². The van der Waals surface area contributed by atoms with E-state index >= 15 is 4.39 Å². The van der Waals surface area contributed by atoms with Gasteiger partial charge >= 0.3 is 6.18 Å². The highest BCUT2D eigenvalue weighted by Crippen LogP contribution is 2.39. The first-order chi connectivity index (χ1) is 15.2. The number of nitrogens with zero attached hydrogens (tertiary/aromatic N) is 4. The van der Waals surface area contributed by atoms with Crippen LogP contribution in [0.2, 0.25) is 0 Å². The van der Waals surface area contributed by atoms with E-state index in [4.69, 9.17) is 0 Å². The molecule has 168 valence electrons. The van der Waals surface area contributed by atoms with Gasteiger partial charge < -0.3 is 10.2 Å². The molecule has 0 aliphatic carbocycles. The zero-order chi connectivity index (χ0) is 22.9. The van der Waals surface area contributed by atoms with E-state index in [9.17, 15) is 17.6 Å². The monoisotopic (exact) mass is 449 g/mol. The Kier molecular flexibility index (Phi) is 5.94. The van der Waals surface area contributed by atoms with Crippen molar-refractivity contribution >= 4 is 11.6 Å². The van der Waals surface area contributed by atoms with Gasteiger partial charge in [-0.2, -0.15) is 17.6 Å². The molecule has 0 spiro atoms. The van der Waals surface area contributed by atoms with Gasteiger partial charge in [-0.05, 0) is 43.5 Å². The third kappa shape index (κ3) is 4.49. The van der Waals surface area contributed by atoms with Crippen LogP contribution in [0.1, 0.15) is 41.3 Å². The summed E-state index contributed by atoms with van der Waals surface area (Å²) < 4.78 is 68.4. The van der Waals surface area contributed by atoms with Crippen LogP contribution in [-0.4, -0.2) is 21.5 Å². The molecule has 0 unspecified atom stereocenters. The maximum Gasteiger partial charge on any atom is 0.416 e. The molecule has 2 aromatic heterocycles. The number of benzene rings is 1. The molecule has 5 nitrogen and oxygen atoms in total. The van der Waals surface area contributed by atoms with Gasteiger partial charge in [0.25, 0.3) is 0 Å². The molecule has 0 saturated carbocycles. The lowest BCUT2D eigenvalue weighted by Crippen LogP contribution is -2.26. The summed E-state index contributed by atoms with van der Waals surface area (Å²) in [6.07, 6.45) is -0.685. The topological polar surface area (TPSA) is 53.9 Å². The summed E-state index contributed by atoms with van der Waals surface area (Å²) in [5.74, 6) is -1.72. The van der Waals surface area contributed by atoms with Gasteiger partial charge in [-0.25, -0.2) is 14.4 Å². The highest BCUT2D eigenvalue weighted by molar-refractivity contribution is 5.53. The minimum atomic E-state index is -4.64. The summed E-state index contributed by atoms with van der Waals surface area (Å²) in [6, 6.07) is 5.50. The third-order valence-corrected chi connectivity index (χ3v) is 5.42. The summed E-state index contributed by atoms with van der Waals surface area (Å²) in [7, 11) is 0. The van der Waals surface area contributed by atoms with Gasteiger partial charge in [0, 0.05) is 30.5 Å². The molecule has 1 aliphatic rings. The number of halogens is 5. The van der Waals surface area contributed by atoms with Crippen molar-refractivity contribution in [1.29, 1.82) is 0 Å². The van der Waals surface area contributed by atoms with Gasteiger partial charge in [0.1, 0.15) is 12.1 Å². The molecule has 10 heteroatoms. The predicted molar refractivity (Wildman–Crippen MR) is 109 cm³/mol. The van der Waals surface area contributed by atoms with Crippen LogP contribution < -0.4 is 10.2 Å². The van der Waals surface area contributed by atoms with Crippen molar-refractivity contribution in [2.24, 2.45) is 0 Å². The summed E-state index contributed by atoms with van der Waals surface area (Å²) in [6.45, 7) is 2.54. The minimum absolute atomic E-state index is 0.0193. The maximum atomic E-state index is 15.2. The van der Waals surface area contributed by atoms with Gasteiger partial charge in [0.2, 0.25) is 5.82 Å². The first kappa shape index (κ1) is 21.9. The summed E-state index contributed by atoms with van der Waals surface area (Å²) in [5, 5.41) is 2.91. The lowest BCUT2D eigenvalue weighted by molar-refractivity contribution is -0.137. The molecule has 3 heterocycles. The Morgan fingerprint density at radius 2 is 1.91 bits per heavy atom. The highest BCUT2D eigenvalue weighted by Gasteiger charge is 2.35. The largest absolute Gasteiger partial charge is 0.416 e. The van der Waals surface area contributed by atoms with Crippen LogP contribution in [0.4, 0.5) is 33.6 Å². The second-order valence-electron chi connectivity index (χ2n) is 7.61. The quantitative estimate of drug-likeness (QED) is 0.527. The van der Waals surface area contributed by atoms with E-state index in [-0.39, 0.29) is 23.7 Å². The molecule has 1 saturated heterocycles. The zero-order valence-corrected chi connectivity index (χ0v) is 17.1. The van der Waals surface area contributed by atoms with Crippen LogP contribution >= 0.6 is 0 Å². The molecule has 1 atom stereocenters. The van der Waals surface area contributed by atoms with E-state index in [2.05, 4.69) is 20.3 Å². The molecule has 3 aromatic rings. The second-order valence-corrected chi connectivity index (χ2v) is 7.61. The SMILES string of the molecule is Cc1ccc(CNc2ncnc(N3CCC[C@@H]3c3ccc(C(F)(F)F)cc3F)c2F)cn1. The van der Waals surface area contributed by atoms with Crippen LogP contribution in [0.3, 0.4) is 0 Å². The maximum absolute atomic E-state index is 15.2. The average Bonchev–Trinajstić information content (AvgIpc) is 3.23. The van der Waals surface area contributed by atoms with Crippen LogP contribution in [0.5, 0.6) is 0 Å². The van der Waals surface area contributed by atoms with Crippen molar-refractivity contribution in [2.75, 3.05) is 16.8 Å². The number of aromatic nitrogens is 3. The summed E-state index contributed by atoms with van der Waals surface area (Å²) >= 11 is 0. The van der Waals surface area contributed by atoms with E-state index in [1.807, 2.05) is 19.1 Å². The molecule has 1 aliphatic heterocycles. The van der Waals surface area contributed by atoms with Gasteiger partial charge in [-0.3, -0.25) is 4.98 Å². The Morgan fingerprint density at radius 1 is 1.09 bits per heavy atom. The predicted octanol–water partition coefficient (Wildman–Crippen LogP) is 5.43. The molecule has 0 amide bonds. The van der Waals surface area contributed by atoms with Crippen LogP contribution in [0, 0.1) is 18.6 Å². The molecule has 1 aromatic carbocycles. The number of alkyl halides is 3. The Hall–Kier alpha value is -3.30. The van der Waals surface area contributed by atoms with Crippen LogP contribution in [0.25, 0.3) is 0 Å². The van der Waals surface area contributed by atoms with E-state index in [1.165, 1.54) is 6.33 Å². The fourth-order valence-corrected chi connectivity index (χ4v) is 3.79. The number of nitrogens with one attached hydrogen (secondary N) is 1. The molecule has 32 heavy (non-hydrogen) atoms. The Labute approximate surface area is 181 Å². The lowest BCUT2D eigenvalue weighted by atomic mass is 10.0. The third-order valence-electron chi connectivity index (χ3n) is 5.42. The van der Waals surface area contributed by atoms with Gasteiger partial charge in [0.05, 0.1) is 11.6 Å². The van der Waals surface area contributed by atoms with Crippen molar-refractivity contribution in [3.63, 3.8) is 0 Å². The minimum Gasteiger partial charge on any atom is -0.363 e. The summed E-state index contributed by atoms with van der Waals surface area (Å²) in [4.78, 5) is 13.7. The average molecular weight is 449 g/mol. The van der Waals surface area contributed by atoms with Crippen molar-refractivity contribution in [2.45, 2.75) is 38.5 Å². The summed E-state index contributed by atoms with van der Waals surface area (Å²) in [5.41, 5.74) is 0.711. The molecule has 1 N–H and O–H groups in total. The van der Waals surface area contributed by atoms with E-state index in [1.54, 1.807) is 11.1 Å². The van der Waals surface area contributed by atoms with Gasteiger partial charge in [-0.1, -0.05) is 12.1 Å². The molecule has 0 bridgehead atoms. The number of aryl methyl sites for hydroxylation is 1. The standard InChI is InChI=1S/C22H20F5N5/c1-13-4-5-14(10-28-13)11-29-20-19(24)21(31-12-30-20)32-8-2-3-18(32)16-7-6-15(9-17(16)23)22(25,26)27/h4-7,9-10,12,18H,2-3,8,11H2,1H3,(H,29,30,31)/t18-/m1/s1. The molecular formula is C22H20F5N5. The van der Waals surface area contributed by atoms with Crippen molar-refractivity contribution in [3.05, 3.63) is 76.9 Å². The fraction of sp³-hybridized carbons (Fsp3) is 0.318. The van der Waals surface area contributed by atoms with Gasteiger partial charge in [0.15, 0.2) is 11.6 Å². The molecular weight excluding hydrogens is 429 g/mol. The number of pyridine rings is 1. The zero-order valence-electron chi connectivity index (χ0n) is 17.1. The van der Waals surface area contributed by atoms with E-state index < -0.39 is 29.4 Å². The van der Waals surface area contributed by atoms with Crippen LogP contribution in [0.15, 0.2) is 42.9 Å². The van der Waals surface area contributed by atoms with E-state index in [0.29, 0.717) is 25.5 Å². The van der Waals surface area contributed by atoms with Crippen molar-refractivity contribution in [3.8, 4) is 0 Å². The molecule has 0 radical (unpaired) electrons. The molecule has 1 fully saturated rings. The lowest BCUT2D eigenvalue weighted by Gasteiger charge is -2.27. The molecule has 4 rings (SSSR count). The number of hydrogen-bond donors (Lipinski definition) is 1. The van der Waals surface area contributed by atoms with Crippen LogP contribution in [-0.2, 0) is 12.7 Å². The highest BCUT2D eigenvalue weighted by atomic mass is 19.4. The second kappa shape index (κ2) is 8.68. The number of hydrogen-bond acceptors (Lipinski definition) is 5. The fourth-order valence-electron chi connectivity index (χ4n) is 3.79. The smallest absolute Gasteiger partial charge is 0.363 e.